The summed E-state index contributed by atoms with van der Waals surface area (Å²) in [7, 11) is 3.21. The Morgan fingerprint density at radius 1 is 1.06 bits per heavy atom. The first-order valence-electron chi connectivity index (χ1n) is 10.4. The zero-order valence-corrected chi connectivity index (χ0v) is 18.1. The molecular formula is C23H29N3O6. The van der Waals surface area contributed by atoms with Gasteiger partial charge in [-0.1, -0.05) is 36.4 Å². The summed E-state index contributed by atoms with van der Waals surface area (Å²) in [5.74, 6) is 0.389. The van der Waals surface area contributed by atoms with Crippen LogP contribution in [0.15, 0.2) is 54.6 Å². The highest BCUT2D eigenvalue weighted by Gasteiger charge is 2.43. The normalized spacial score (nSPS) is 22.2. The van der Waals surface area contributed by atoms with Crippen molar-refractivity contribution in [3.63, 3.8) is 0 Å². The molecule has 1 fully saturated rings. The first kappa shape index (κ1) is 23.5. The minimum absolute atomic E-state index is 0.0292. The van der Waals surface area contributed by atoms with Gasteiger partial charge in [0.2, 0.25) is 5.91 Å². The lowest BCUT2D eigenvalue weighted by Gasteiger charge is -2.21. The number of carbonyl (C=O) groups is 2. The minimum atomic E-state index is -1.22. The number of rotatable bonds is 8. The predicted octanol–water partition coefficient (Wildman–Crippen LogP) is 1.35. The molecule has 0 radical (unpaired) electrons. The molecule has 0 bridgehead atoms. The Morgan fingerprint density at radius 2 is 1.78 bits per heavy atom. The van der Waals surface area contributed by atoms with E-state index >= 15 is 0 Å². The second-order valence-electron chi connectivity index (χ2n) is 7.70. The second-order valence-corrected chi connectivity index (χ2v) is 7.70. The number of carbonyl (C=O) groups excluding carboxylic acids is 2. The Hall–Kier alpha value is -3.14. The Bertz CT molecular complexity index is 910. The maximum atomic E-state index is 12.5. The molecule has 9 nitrogen and oxygen atoms in total. The molecule has 1 saturated heterocycles. The number of methoxy groups -OCH3 is 1. The van der Waals surface area contributed by atoms with E-state index in [0.29, 0.717) is 18.0 Å². The molecule has 0 aromatic heterocycles. The van der Waals surface area contributed by atoms with Crippen molar-refractivity contribution in [2.45, 2.75) is 37.4 Å². The number of benzene rings is 2. The number of urea groups is 1. The van der Waals surface area contributed by atoms with Gasteiger partial charge in [-0.2, -0.15) is 0 Å². The lowest BCUT2D eigenvalue weighted by Crippen LogP contribution is -2.41. The third-order valence-corrected chi connectivity index (χ3v) is 5.32. The highest BCUT2D eigenvalue weighted by Crippen LogP contribution is 2.24. The molecule has 1 aliphatic heterocycles. The Balaban J connectivity index is 1.47. The predicted molar refractivity (Wildman–Crippen MR) is 118 cm³/mol. The van der Waals surface area contributed by atoms with Crippen LogP contribution in [0.5, 0.6) is 5.75 Å². The summed E-state index contributed by atoms with van der Waals surface area (Å²) in [4.78, 5) is 26.2. The van der Waals surface area contributed by atoms with Gasteiger partial charge in [-0.15, -0.1) is 0 Å². The summed E-state index contributed by atoms with van der Waals surface area (Å²) >= 11 is 0. The van der Waals surface area contributed by atoms with E-state index in [1.54, 1.807) is 36.2 Å². The molecule has 2 aromatic rings. The van der Waals surface area contributed by atoms with E-state index in [9.17, 15) is 19.8 Å². The van der Waals surface area contributed by atoms with Gasteiger partial charge >= 0.3 is 6.03 Å². The molecule has 3 rings (SSSR count). The van der Waals surface area contributed by atoms with Crippen LogP contribution in [0.2, 0.25) is 0 Å². The van der Waals surface area contributed by atoms with Gasteiger partial charge in [0.15, 0.2) is 0 Å². The van der Waals surface area contributed by atoms with Gasteiger partial charge in [-0.25, -0.2) is 4.79 Å². The highest BCUT2D eigenvalue weighted by molar-refractivity contribution is 5.89. The number of nitrogens with zero attached hydrogens (tertiary/aromatic N) is 1. The fraction of sp³-hybridized carbons (Fsp3) is 0.391. The largest absolute Gasteiger partial charge is 0.497 e. The SMILES string of the molecule is COc1cccc(NC(=O)NC[C@H]2O[C@H](CC(=O)N(C)Cc3ccccc3)[C@H](O)[C@@H]2O)c1. The molecule has 172 valence electrons. The number of nitrogens with one attached hydrogen (secondary N) is 2. The first-order valence-corrected chi connectivity index (χ1v) is 10.4. The van der Waals surface area contributed by atoms with Gasteiger partial charge in [0.25, 0.3) is 0 Å². The maximum absolute atomic E-state index is 12.5. The number of ether oxygens (including phenoxy) is 2. The van der Waals surface area contributed by atoms with Crippen LogP contribution >= 0.6 is 0 Å². The van der Waals surface area contributed by atoms with Crippen molar-refractivity contribution < 1.29 is 29.3 Å². The number of amides is 3. The van der Waals surface area contributed by atoms with Gasteiger partial charge in [0.1, 0.15) is 24.1 Å². The number of anilines is 1. The van der Waals surface area contributed by atoms with Gasteiger partial charge in [0.05, 0.1) is 19.6 Å². The summed E-state index contributed by atoms with van der Waals surface area (Å²) in [6, 6.07) is 15.9. The van der Waals surface area contributed by atoms with Crippen molar-refractivity contribution >= 4 is 17.6 Å². The van der Waals surface area contributed by atoms with Crippen molar-refractivity contribution in [2.75, 3.05) is 26.0 Å². The molecule has 3 amide bonds. The Kier molecular flexibility index (Phi) is 8.04. The van der Waals surface area contributed by atoms with Crippen LogP contribution in [0.1, 0.15) is 12.0 Å². The fourth-order valence-electron chi connectivity index (χ4n) is 3.51. The topological polar surface area (TPSA) is 120 Å². The van der Waals surface area contributed by atoms with E-state index < -0.39 is 30.4 Å². The Labute approximate surface area is 186 Å². The third kappa shape index (κ3) is 6.19. The summed E-state index contributed by atoms with van der Waals surface area (Å²) in [5.41, 5.74) is 1.53. The second kappa shape index (κ2) is 10.9. The Morgan fingerprint density at radius 3 is 2.50 bits per heavy atom. The molecule has 2 aromatic carbocycles. The van der Waals surface area contributed by atoms with Gasteiger partial charge in [-0.3, -0.25) is 4.79 Å². The van der Waals surface area contributed by atoms with Gasteiger partial charge < -0.3 is 35.2 Å². The van der Waals surface area contributed by atoms with E-state index in [1.807, 2.05) is 30.3 Å². The summed E-state index contributed by atoms with van der Waals surface area (Å²) < 4.78 is 10.8. The molecule has 0 unspecified atom stereocenters. The van der Waals surface area contributed by atoms with Crippen LogP contribution < -0.4 is 15.4 Å². The molecule has 1 aliphatic rings. The summed E-state index contributed by atoms with van der Waals surface area (Å²) in [6.07, 6.45) is -4.21. The van der Waals surface area contributed by atoms with Crippen LogP contribution in [-0.4, -0.2) is 72.2 Å². The molecule has 9 heteroatoms. The van der Waals surface area contributed by atoms with E-state index in [4.69, 9.17) is 9.47 Å². The number of hydrogen-bond acceptors (Lipinski definition) is 6. The van der Waals surface area contributed by atoms with Gasteiger partial charge in [0, 0.05) is 31.9 Å². The van der Waals surface area contributed by atoms with Crippen molar-refractivity contribution in [1.82, 2.24) is 10.2 Å². The average molecular weight is 444 g/mol. The molecule has 4 atom stereocenters. The molecule has 0 spiro atoms. The zero-order valence-electron chi connectivity index (χ0n) is 18.1. The highest BCUT2D eigenvalue weighted by atomic mass is 16.5. The van der Waals surface area contributed by atoms with Gasteiger partial charge in [-0.05, 0) is 17.7 Å². The minimum Gasteiger partial charge on any atom is -0.497 e. The third-order valence-electron chi connectivity index (χ3n) is 5.32. The molecule has 0 aliphatic carbocycles. The van der Waals surface area contributed by atoms with Crippen LogP contribution in [0.4, 0.5) is 10.5 Å². The van der Waals surface area contributed by atoms with Crippen LogP contribution in [0, 0.1) is 0 Å². The standard InChI is InChI=1S/C23H29N3O6/c1-26(14-15-7-4-3-5-8-15)20(27)12-18-21(28)22(29)19(32-18)13-24-23(30)25-16-9-6-10-17(11-16)31-2/h3-11,18-19,21-22,28-29H,12-14H2,1-2H3,(H2,24,25,30)/t18-,19-,21+,22-/m1/s1. The lowest BCUT2D eigenvalue weighted by molar-refractivity contribution is -0.134. The fourth-order valence-corrected chi connectivity index (χ4v) is 3.51. The zero-order chi connectivity index (χ0) is 23.1. The smallest absolute Gasteiger partial charge is 0.319 e. The molecular weight excluding hydrogens is 414 g/mol. The van der Waals surface area contributed by atoms with Crippen LogP contribution in [-0.2, 0) is 16.1 Å². The van der Waals surface area contributed by atoms with E-state index in [1.165, 1.54) is 7.11 Å². The number of hydrogen-bond donors (Lipinski definition) is 4. The first-order chi connectivity index (χ1) is 15.4. The molecule has 32 heavy (non-hydrogen) atoms. The van der Waals surface area contributed by atoms with Crippen molar-refractivity contribution in [3.8, 4) is 5.75 Å². The van der Waals surface area contributed by atoms with Crippen molar-refractivity contribution in [1.29, 1.82) is 0 Å². The summed E-state index contributed by atoms with van der Waals surface area (Å²) in [5, 5.41) is 25.9. The molecule has 1 heterocycles. The number of aliphatic hydroxyl groups excluding tert-OH is 2. The molecule has 4 N–H and O–H groups in total. The van der Waals surface area contributed by atoms with E-state index in [-0.39, 0.29) is 18.9 Å². The molecule has 0 saturated carbocycles. The maximum Gasteiger partial charge on any atom is 0.319 e. The quantitative estimate of drug-likeness (QED) is 0.489. The van der Waals surface area contributed by atoms with Crippen LogP contribution in [0.3, 0.4) is 0 Å². The lowest BCUT2D eigenvalue weighted by atomic mass is 10.0. The number of aliphatic hydroxyl groups is 2. The van der Waals surface area contributed by atoms with E-state index in [0.717, 1.165) is 5.56 Å². The monoisotopic (exact) mass is 443 g/mol. The van der Waals surface area contributed by atoms with Crippen molar-refractivity contribution in [2.24, 2.45) is 0 Å². The van der Waals surface area contributed by atoms with Crippen molar-refractivity contribution in [3.05, 3.63) is 60.2 Å². The van der Waals surface area contributed by atoms with E-state index in [2.05, 4.69) is 10.6 Å². The average Bonchev–Trinajstić information content (AvgIpc) is 3.06. The van der Waals surface area contributed by atoms with Crippen LogP contribution in [0.25, 0.3) is 0 Å². The summed E-state index contributed by atoms with van der Waals surface area (Å²) in [6.45, 7) is 0.402.